The van der Waals surface area contributed by atoms with Gasteiger partial charge in [0.1, 0.15) is 5.82 Å². The number of hydrogen-bond donors (Lipinski definition) is 0. The Hall–Kier alpha value is -2.48. The minimum atomic E-state index is -2.99. The summed E-state index contributed by atoms with van der Waals surface area (Å²) in [6.45, 7) is -2.84. The van der Waals surface area contributed by atoms with Crippen LogP contribution in [0.5, 0.6) is 11.5 Å². The minimum Gasteiger partial charge on any atom is -0.493 e. The van der Waals surface area contributed by atoms with Gasteiger partial charge in [-0.05, 0) is 42.0 Å². The molecule has 2 rings (SSSR count). The molecule has 2 aromatic carbocycles. The SMILES string of the molecule is COc1ccc(CN(C)C(=O)/C=C/c2cc(Br)ccc2F)cc1OC(F)F. The number of methoxy groups -OCH3 is 1. The van der Waals surface area contributed by atoms with Gasteiger partial charge in [-0.25, -0.2) is 4.39 Å². The Labute approximate surface area is 163 Å². The van der Waals surface area contributed by atoms with Crippen molar-refractivity contribution in [2.45, 2.75) is 13.2 Å². The summed E-state index contributed by atoms with van der Waals surface area (Å²) in [4.78, 5) is 13.6. The maximum absolute atomic E-state index is 13.7. The predicted molar refractivity (Wildman–Crippen MR) is 99.2 cm³/mol. The molecule has 0 aliphatic heterocycles. The molecule has 0 saturated heterocycles. The molecule has 0 fully saturated rings. The zero-order valence-electron chi connectivity index (χ0n) is 14.6. The second-order valence-electron chi connectivity index (χ2n) is 5.56. The first-order valence-electron chi connectivity index (χ1n) is 7.80. The average Bonchev–Trinajstić information content (AvgIpc) is 2.62. The molecule has 0 aliphatic rings. The molecule has 0 radical (unpaired) electrons. The Bertz CT molecular complexity index is 843. The van der Waals surface area contributed by atoms with Crippen LogP contribution in [-0.4, -0.2) is 31.6 Å². The van der Waals surface area contributed by atoms with Crippen molar-refractivity contribution in [3.63, 3.8) is 0 Å². The van der Waals surface area contributed by atoms with E-state index in [0.29, 0.717) is 10.0 Å². The highest BCUT2D eigenvalue weighted by atomic mass is 79.9. The number of likely N-dealkylation sites (N-methyl/N-ethyl adjacent to an activating group) is 1. The van der Waals surface area contributed by atoms with E-state index in [2.05, 4.69) is 20.7 Å². The number of rotatable bonds is 7. The van der Waals surface area contributed by atoms with E-state index in [1.54, 1.807) is 25.2 Å². The summed E-state index contributed by atoms with van der Waals surface area (Å²) in [7, 11) is 2.89. The molecule has 0 spiro atoms. The van der Waals surface area contributed by atoms with Crippen LogP contribution >= 0.6 is 15.9 Å². The van der Waals surface area contributed by atoms with E-state index in [-0.39, 0.29) is 29.5 Å². The summed E-state index contributed by atoms with van der Waals surface area (Å²) in [5, 5.41) is 0. The number of ether oxygens (including phenoxy) is 2. The number of alkyl halides is 2. The highest BCUT2D eigenvalue weighted by Crippen LogP contribution is 2.30. The van der Waals surface area contributed by atoms with Gasteiger partial charge in [-0.15, -0.1) is 0 Å². The number of nitrogens with zero attached hydrogens (tertiary/aromatic N) is 1. The smallest absolute Gasteiger partial charge is 0.387 e. The molecule has 0 aromatic heterocycles. The molecule has 144 valence electrons. The molecule has 2 aromatic rings. The second-order valence-corrected chi connectivity index (χ2v) is 6.47. The number of halogens is 4. The van der Waals surface area contributed by atoms with Crippen LogP contribution in [0.25, 0.3) is 6.08 Å². The zero-order chi connectivity index (χ0) is 20.0. The Morgan fingerprint density at radius 2 is 1.96 bits per heavy atom. The number of benzene rings is 2. The first kappa shape index (κ1) is 20.8. The van der Waals surface area contributed by atoms with Crippen molar-refractivity contribution in [2.24, 2.45) is 0 Å². The lowest BCUT2D eigenvalue weighted by atomic mass is 10.1. The lowest BCUT2D eigenvalue weighted by molar-refractivity contribution is -0.125. The highest BCUT2D eigenvalue weighted by molar-refractivity contribution is 9.10. The van der Waals surface area contributed by atoms with Crippen LogP contribution in [0.2, 0.25) is 0 Å². The molecule has 4 nitrogen and oxygen atoms in total. The van der Waals surface area contributed by atoms with E-state index >= 15 is 0 Å². The van der Waals surface area contributed by atoms with Crippen LogP contribution in [0, 0.1) is 5.82 Å². The van der Waals surface area contributed by atoms with Gasteiger partial charge >= 0.3 is 6.61 Å². The molecule has 0 bridgehead atoms. The third kappa shape index (κ3) is 6.02. The molecule has 0 unspecified atom stereocenters. The van der Waals surface area contributed by atoms with Gasteiger partial charge in [0.05, 0.1) is 7.11 Å². The number of amides is 1. The summed E-state index contributed by atoms with van der Waals surface area (Å²) >= 11 is 3.24. The van der Waals surface area contributed by atoms with Crippen molar-refractivity contribution in [3.05, 3.63) is 63.9 Å². The van der Waals surface area contributed by atoms with Gasteiger partial charge < -0.3 is 14.4 Å². The van der Waals surface area contributed by atoms with Crippen LogP contribution in [0.1, 0.15) is 11.1 Å². The molecule has 0 N–H and O–H groups in total. The number of hydrogen-bond acceptors (Lipinski definition) is 3. The maximum Gasteiger partial charge on any atom is 0.387 e. The summed E-state index contributed by atoms with van der Waals surface area (Å²) in [6.07, 6.45) is 2.61. The van der Waals surface area contributed by atoms with Crippen molar-refractivity contribution < 1.29 is 27.4 Å². The van der Waals surface area contributed by atoms with Gasteiger partial charge in [-0.3, -0.25) is 4.79 Å². The number of carbonyl (C=O) groups is 1. The molecule has 27 heavy (non-hydrogen) atoms. The lowest BCUT2D eigenvalue weighted by Gasteiger charge is -2.17. The van der Waals surface area contributed by atoms with E-state index in [9.17, 15) is 18.0 Å². The van der Waals surface area contributed by atoms with E-state index in [0.717, 1.165) is 0 Å². The van der Waals surface area contributed by atoms with Gasteiger partial charge in [0.2, 0.25) is 5.91 Å². The van der Waals surface area contributed by atoms with Crippen LogP contribution in [-0.2, 0) is 11.3 Å². The molecular formula is C19H17BrF3NO3. The third-order valence-electron chi connectivity index (χ3n) is 3.60. The van der Waals surface area contributed by atoms with E-state index in [1.807, 2.05) is 0 Å². The summed E-state index contributed by atoms with van der Waals surface area (Å²) in [6, 6.07) is 8.91. The van der Waals surface area contributed by atoms with Gasteiger partial charge in [0, 0.05) is 29.7 Å². The molecule has 0 heterocycles. The highest BCUT2D eigenvalue weighted by Gasteiger charge is 2.13. The van der Waals surface area contributed by atoms with Crippen LogP contribution in [0.15, 0.2) is 46.9 Å². The van der Waals surface area contributed by atoms with Crippen molar-refractivity contribution in [3.8, 4) is 11.5 Å². The van der Waals surface area contributed by atoms with Crippen molar-refractivity contribution >= 4 is 27.9 Å². The van der Waals surface area contributed by atoms with Crippen molar-refractivity contribution in [1.82, 2.24) is 4.90 Å². The van der Waals surface area contributed by atoms with Gasteiger partial charge in [-0.2, -0.15) is 8.78 Å². The second kappa shape index (κ2) is 9.45. The average molecular weight is 444 g/mol. The van der Waals surface area contributed by atoms with Gasteiger partial charge in [0.15, 0.2) is 11.5 Å². The first-order chi connectivity index (χ1) is 12.8. The van der Waals surface area contributed by atoms with Crippen LogP contribution in [0.4, 0.5) is 13.2 Å². The van der Waals surface area contributed by atoms with E-state index in [1.165, 1.54) is 42.4 Å². The molecular weight excluding hydrogens is 427 g/mol. The first-order valence-corrected chi connectivity index (χ1v) is 8.59. The fraction of sp³-hybridized carbons (Fsp3) is 0.211. The van der Waals surface area contributed by atoms with Gasteiger partial charge in [-0.1, -0.05) is 22.0 Å². The fourth-order valence-electron chi connectivity index (χ4n) is 2.29. The topological polar surface area (TPSA) is 38.8 Å². The molecule has 0 aliphatic carbocycles. The standard InChI is InChI=1S/C19H17BrF3NO3/c1-24(18(25)8-4-13-10-14(20)5-6-15(13)21)11-12-3-7-16(26-2)17(9-12)27-19(22)23/h3-10,19H,11H2,1-2H3/b8-4+. The third-order valence-corrected chi connectivity index (χ3v) is 4.10. The summed E-state index contributed by atoms with van der Waals surface area (Å²) < 4.78 is 48.8. The number of carbonyl (C=O) groups excluding carboxylic acids is 1. The van der Waals surface area contributed by atoms with Crippen LogP contribution in [0.3, 0.4) is 0 Å². The minimum absolute atomic E-state index is 0.113. The maximum atomic E-state index is 13.7. The Kier molecular flexibility index (Phi) is 7.29. The molecule has 0 atom stereocenters. The summed E-state index contributed by atoms with van der Waals surface area (Å²) in [5.41, 5.74) is 0.840. The largest absolute Gasteiger partial charge is 0.493 e. The Morgan fingerprint density at radius 3 is 2.63 bits per heavy atom. The van der Waals surface area contributed by atoms with Crippen molar-refractivity contribution in [2.75, 3.05) is 14.2 Å². The lowest BCUT2D eigenvalue weighted by Crippen LogP contribution is -2.24. The van der Waals surface area contributed by atoms with Crippen LogP contribution < -0.4 is 9.47 Å². The Morgan fingerprint density at radius 1 is 1.22 bits per heavy atom. The molecule has 0 saturated carbocycles. The fourth-order valence-corrected chi connectivity index (χ4v) is 2.67. The molecule has 8 heteroatoms. The predicted octanol–water partition coefficient (Wildman–Crippen LogP) is 4.87. The Balaban J connectivity index is 2.09. The van der Waals surface area contributed by atoms with Gasteiger partial charge in [0.25, 0.3) is 0 Å². The molecule has 1 amide bonds. The van der Waals surface area contributed by atoms with Crippen molar-refractivity contribution in [1.29, 1.82) is 0 Å². The monoisotopic (exact) mass is 443 g/mol. The summed E-state index contributed by atoms with van der Waals surface area (Å²) in [5.74, 6) is -0.772. The quantitative estimate of drug-likeness (QED) is 0.573. The zero-order valence-corrected chi connectivity index (χ0v) is 16.2. The van der Waals surface area contributed by atoms with E-state index in [4.69, 9.17) is 4.74 Å². The van der Waals surface area contributed by atoms with E-state index < -0.39 is 12.4 Å². The normalized spacial score (nSPS) is 11.1.